The molecule has 1 aliphatic rings. The number of likely N-dealkylation sites (tertiary alicyclic amines) is 1. The van der Waals surface area contributed by atoms with Gasteiger partial charge in [-0.1, -0.05) is 6.08 Å². The van der Waals surface area contributed by atoms with Gasteiger partial charge >= 0.3 is 5.97 Å². The van der Waals surface area contributed by atoms with Crippen LogP contribution in [0.4, 0.5) is 0 Å². The molecule has 6 nitrogen and oxygen atoms in total. The molecule has 0 aliphatic carbocycles. The molecule has 0 spiro atoms. The predicted molar refractivity (Wildman–Crippen MR) is 75.3 cm³/mol. The molecule has 1 fully saturated rings. The summed E-state index contributed by atoms with van der Waals surface area (Å²) in [6, 6.07) is 0. The minimum absolute atomic E-state index is 0.00548. The fraction of sp³-hybridized carbons (Fsp3) is 0.714. The number of carbonyl (C=O) groups is 2. The maximum atomic E-state index is 11.9. The number of esters is 1. The van der Waals surface area contributed by atoms with Gasteiger partial charge in [-0.05, 0) is 27.4 Å². The molecule has 1 rings (SSSR count). The van der Waals surface area contributed by atoms with Gasteiger partial charge in [0.2, 0.25) is 5.91 Å². The lowest BCUT2D eigenvalue weighted by molar-refractivity contribution is -0.150. The van der Waals surface area contributed by atoms with Gasteiger partial charge in [-0.25, -0.2) is 4.79 Å². The highest BCUT2D eigenvalue weighted by Gasteiger charge is 2.26. The third kappa shape index (κ3) is 6.16. The second kappa shape index (κ2) is 8.71. The van der Waals surface area contributed by atoms with Gasteiger partial charge in [0.15, 0.2) is 0 Å². The number of hydrogen-bond donors (Lipinski definition) is 0. The van der Waals surface area contributed by atoms with Crippen LogP contribution in [0.15, 0.2) is 12.2 Å². The quantitative estimate of drug-likeness (QED) is 0.496. The van der Waals surface area contributed by atoms with Crippen molar-refractivity contribution in [3.8, 4) is 0 Å². The first-order chi connectivity index (χ1) is 9.52. The smallest absolute Gasteiger partial charge is 0.332 e. The maximum Gasteiger partial charge on any atom is 0.332 e. The molecule has 1 amide bonds. The van der Waals surface area contributed by atoms with Crippen molar-refractivity contribution < 1.29 is 19.1 Å². The summed E-state index contributed by atoms with van der Waals surface area (Å²) in [4.78, 5) is 26.8. The summed E-state index contributed by atoms with van der Waals surface area (Å²) in [7, 11) is 3.90. The minimum atomic E-state index is -0.358. The number of ether oxygens (including phenoxy) is 2. The van der Waals surface area contributed by atoms with Gasteiger partial charge in [-0.15, -0.1) is 0 Å². The molecular formula is C14H24N2O4. The van der Waals surface area contributed by atoms with Crippen molar-refractivity contribution in [1.29, 1.82) is 0 Å². The molecule has 0 N–H and O–H groups in total. The van der Waals surface area contributed by atoms with Crippen LogP contribution in [0.5, 0.6) is 0 Å². The van der Waals surface area contributed by atoms with E-state index in [0.29, 0.717) is 19.7 Å². The Bertz CT molecular complexity index is 355. The summed E-state index contributed by atoms with van der Waals surface area (Å²) < 4.78 is 10.2. The highest BCUT2D eigenvalue weighted by Crippen LogP contribution is 2.13. The topological polar surface area (TPSA) is 59.1 Å². The molecule has 114 valence electrons. The van der Waals surface area contributed by atoms with Gasteiger partial charge in [0.25, 0.3) is 0 Å². The number of hydrogen-bond acceptors (Lipinski definition) is 5. The van der Waals surface area contributed by atoms with Gasteiger partial charge in [0.1, 0.15) is 6.61 Å². The third-order valence-electron chi connectivity index (χ3n) is 2.93. The molecule has 0 bridgehead atoms. The Morgan fingerprint density at radius 2 is 2.15 bits per heavy atom. The van der Waals surface area contributed by atoms with Crippen LogP contribution in [-0.2, 0) is 19.1 Å². The van der Waals surface area contributed by atoms with Crippen molar-refractivity contribution >= 4 is 11.9 Å². The largest absolute Gasteiger partial charge is 0.464 e. The van der Waals surface area contributed by atoms with Crippen molar-refractivity contribution in [3.05, 3.63) is 12.2 Å². The average molecular weight is 284 g/mol. The van der Waals surface area contributed by atoms with Crippen LogP contribution in [0.25, 0.3) is 0 Å². The summed E-state index contributed by atoms with van der Waals surface area (Å²) in [6.45, 7) is 4.00. The first kappa shape index (κ1) is 16.7. The SMILES string of the molecule is CCOC(=O)CO[C@@H]1CCN(C(=O)/C=C/CN(C)C)C1. The molecule has 1 aliphatic heterocycles. The second-order valence-corrected chi connectivity index (χ2v) is 4.98. The Labute approximate surface area is 120 Å². The zero-order valence-corrected chi connectivity index (χ0v) is 12.5. The van der Waals surface area contributed by atoms with E-state index in [0.717, 1.165) is 13.0 Å². The van der Waals surface area contributed by atoms with Crippen molar-refractivity contribution in [3.63, 3.8) is 0 Å². The number of nitrogens with zero attached hydrogens (tertiary/aromatic N) is 2. The number of likely N-dealkylation sites (N-methyl/N-ethyl adjacent to an activating group) is 1. The van der Waals surface area contributed by atoms with E-state index < -0.39 is 0 Å². The maximum absolute atomic E-state index is 11.9. The summed E-state index contributed by atoms with van der Waals surface area (Å²) in [6.07, 6.45) is 4.11. The minimum Gasteiger partial charge on any atom is -0.464 e. The molecule has 1 atom stereocenters. The summed E-state index contributed by atoms with van der Waals surface area (Å²) >= 11 is 0. The Morgan fingerprint density at radius 1 is 1.40 bits per heavy atom. The monoisotopic (exact) mass is 284 g/mol. The average Bonchev–Trinajstić information content (AvgIpc) is 2.85. The first-order valence-electron chi connectivity index (χ1n) is 6.90. The molecule has 0 saturated carbocycles. The van der Waals surface area contributed by atoms with Crippen LogP contribution in [-0.4, -0.2) is 74.7 Å². The van der Waals surface area contributed by atoms with E-state index >= 15 is 0 Å². The predicted octanol–water partition coefficient (Wildman–Crippen LogP) is 0.285. The van der Waals surface area contributed by atoms with Gasteiger partial charge in [0, 0.05) is 25.7 Å². The molecule has 0 aromatic carbocycles. The fourth-order valence-electron chi connectivity index (χ4n) is 1.92. The lowest BCUT2D eigenvalue weighted by Gasteiger charge is -2.14. The molecule has 20 heavy (non-hydrogen) atoms. The standard InChI is InChI=1S/C14H24N2O4/c1-4-19-14(18)11-20-12-7-9-16(10-12)13(17)6-5-8-15(2)3/h5-6,12H,4,7-11H2,1-3H3/b6-5+/t12-/m1/s1. The van der Waals surface area contributed by atoms with Gasteiger partial charge in [-0.2, -0.15) is 0 Å². The van der Waals surface area contributed by atoms with Crippen molar-refractivity contribution in [2.75, 3.05) is 46.9 Å². The van der Waals surface area contributed by atoms with Gasteiger partial charge < -0.3 is 19.3 Å². The van der Waals surface area contributed by atoms with Gasteiger partial charge in [-0.3, -0.25) is 4.79 Å². The van der Waals surface area contributed by atoms with Crippen LogP contribution < -0.4 is 0 Å². The molecule has 0 unspecified atom stereocenters. The third-order valence-corrected chi connectivity index (χ3v) is 2.93. The lowest BCUT2D eigenvalue weighted by atomic mass is 10.3. The first-order valence-corrected chi connectivity index (χ1v) is 6.90. The lowest BCUT2D eigenvalue weighted by Crippen LogP contribution is -2.29. The van der Waals surface area contributed by atoms with E-state index in [4.69, 9.17) is 9.47 Å². The number of carbonyl (C=O) groups excluding carboxylic acids is 2. The van der Waals surface area contributed by atoms with Crippen LogP contribution in [0, 0.1) is 0 Å². The molecule has 0 aromatic heterocycles. The molecule has 0 aromatic rings. The van der Waals surface area contributed by atoms with Crippen LogP contribution in [0.3, 0.4) is 0 Å². The Hall–Kier alpha value is -1.40. The van der Waals surface area contributed by atoms with E-state index in [1.807, 2.05) is 25.1 Å². The van der Waals surface area contributed by atoms with Crippen molar-refractivity contribution in [2.24, 2.45) is 0 Å². The number of rotatable bonds is 7. The zero-order valence-electron chi connectivity index (χ0n) is 12.5. The normalized spacial score (nSPS) is 19.0. The molecular weight excluding hydrogens is 260 g/mol. The van der Waals surface area contributed by atoms with Crippen molar-refractivity contribution in [1.82, 2.24) is 9.80 Å². The molecule has 0 radical (unpaired) electrons. The highest BCUT2D eigenvalue weighted by molar-refractivity contribution is 5.87. The highest BCUT2D eigenvalue weighted by atomic mass is 16.6. The summed E-state index contributed by atoms with van der Waals surface area (Å²) in [5.41, 5.74) is 0. The Kier molecular flexibility index (Phi) is 7.25. The summed E-state index contributed by atoms with van der Waals surface area (Å²) in [5, 5.41) is 0. The molecule has 1 heterocycles. The van der Waals surface area contributed by atoms with Crippen LogP contribution >= 0.6 is 0 Å². The van der Waals surface area contributed by atoms with E-state index in [1.54, 1.807) is 17.9 Å². The second-order valence-electron chi connectivity index (χ2n) is 4.98. The Morgan fingerprint density at radius 3 is 2.80 bits per heavy atom. The fourth-order valence-corrected chi connectivity index (χ4v) is 1.92. The van der Waals surface area contributed by atoms with Crippen LogP contribution in [0.2, 0.25) is 0 Å². The summed E-state index contributed by atoms with van der Waals surface area (Å²) in [5.74, 6) is -0.364. The Balaban J connectivity index is 2.27. The van der Waals surface area contributed by atoms with Crippen LogP contribution in [0.1, 0.15) is 13.3 Å². The molecule has 6 heteroatoms. The van der Waals surface area contributed by atoms with E-state index in [9.17, 15) is 9.59 Å². The zero-order chi connectivity index (χ0) is 15.0. The molecule has 1 saturated heterocycles. The van der Waals surface area contributed by atoms with E-state index in [-0.39, 0.29) is 24.6 Å². The van der Waals surface area contributed by atoms with E-state index in [2.05, 4.69) is 0 Å². The van der Waals surface area contributed by atoms with Crippen molar-refractivity contribution in [2.45, 2.75) is 19.4 Å². The van der Waals surface area contributed by atoms with E-state index in [1.165, 1.54) is 0 Å². The van der Waals surface area contributed by atoms with Gasteiger partial charge in [0.05, 0.1) is 12.7 Å². The number of amides is 1.